The molecule has 1 fully saturated rings. The summed E-state index contributed by atoms with van der Waals surface area (Å²) in [5.74, 6) is 1.15. The van der Waals surface area contributed by atoms with Crippen LogP contribution in [0.4, 0.5) is 5.69 Å². The summed E-state index contributed by atoms with van der Waals surface area (Å²) in [7, 11) is 0. The normalized spacial score (nSPS) is 26.8. The first-order valence-electron chi connectivity index (χ1n) is 10.2. The van der Waals surface area contributed by atoms with Crippen LogP contribution >= 0.6 is 11.3 Å². The smallest absolute Gasteiger partial charge is 0.255 e. The van der Waals surface area contributed by atoms with Gasteiger partial charge in [-0.1, -0.05) is 43.2 Å². The van der Waals surface area contributed by atoms with Crippen molar-refractivity contribution < 1.29 is 4.79 Å². The molecular formula is C23H26N2OS. The van der Waals surface area contributed by atoms with Gasteiger partial charge in [0.2, 0.25) is 0 Å². The summed E-state index contributed by atoms with van der Waals surface area (Å²) in [4.78, 5) is 16.8. The number of hydrogen-bond acceptors (Lipinski definition) is 3. The van der Waals surface area contributed by atoms with Crippen LogP contribution in [-0.2, 0) is 0 Å². The molecule has 0 radical (unpaired) electrons. The maximum atomic E-state index is 13.4. The van der Waals surface area contributed by atoms with E-state index in [1.807, 2.05) is 17.4 Å². The van der Waals surface area contributed by atoms with Gasteiger partial charge in [-0.25, -0.2) is 0 Å². The van der Waals surface area contributed by atoms with E-state index in [0.717, 1.165) is 43.6 Å². The Balaban J connectivity index is 1.54. The lowest BCUT2D eigenvalue weighted by Crippen LogP contribution is -2.35. The van der Waals surface area contributed by atoms with E-state index < -0.39 is 0 Å². The SMILES string of the molecule is O=C(c1cccc2c1NC(c1cccs1)C1CC=CC21)N1CCCCCC1. The summed E-state index contributed by atoms with van der Waals surface area (Å²) >= 11 is 1.81. The number of fused-ring (bicyclic) bond motifs is 3. The van der Waals surface area contributed by atoms with Gasteiger partial charge in [0.25, 0.3) is 5.91 Å². The maximum Gasteiger partial charge on any atom is 0.255 e. The molecule has 1 aromatic carbocycles. The van der Waals surface area contributed by atoms with E-state index in [9.17, 15) is 4.79 Å². The Kier molecular flexibility index (Phi) is 4.52. The third kappa shape index (κ3) is 3.00. The molecule has 1 N–H and O–H groups in total. The van der Waals surface area contributed by atoms with Gasteiger partial charge < -0.3 is 10.2 Å². The van der Waals surface area contributed by atoms with Crippen molar-refractivity contribution in [1.82, 2.24) is 4.90 Å². The second kappa shape index (κ2) is 7.16. The molecule has 0 bridgehead atoms. The lowest BCUT2D eigenvalue weighted by molar-refractivity contribution is 0.0762. The second-order valence-corrected chi connectivity index (χ2v) is 8.95. The van der Waals surface area contributed by atoms with Crippen LogP contribution in [0.15, 0.2) is 47.9 Å². The van der Waals surface area contributed by atoms with Gasteiger partial charge in [0, 0.05) is 23.9 Å². The number of para-hydroxylation sites is 1. The molecule has 27 heavy (non-hydrogen) atoms. The third-order valence-corrected chi connectivity index (χ3v) is 7.33. The van der Waals surface area contributed by atoms with E-state index in [-0.39, 0.29) is 11.9 Å². The van der Waals surface area contributed by atoms with Crippen LogP contribution in [0.3, 0.4) is 0 Å². The van der Waals surface area contributed by atoms with Crippen LogP contribution in [0.1, 0.15) is 64.9 Å². The number of nitrogens with zero attached hydrogens (tertiary/aromatic N) is 1. The number of carbonyl (C=O) groups is 1. The first-order valence-corrected chi connectivity index (χ1v) is 11.1. The summed E-state index contributed by atoms with van der Waals surface area (Å²) in [5, 5.41) is 5.95. The van der Waals surface area contributed by atoms with Gasteiger partial charge in [-0.3, -0.25) is 4.79 Å². The van der Waals surface area contributed by atoms with Gasteiger partial charge >= 0.3 is 0 Å². The van der Waals surface area contributed by atoms with Crippen molar-refractivity contribution in [1.29, 1.82) is 0 Å². The van der Waals surface area contributed by atoms with E-state index in [2.05, 4.69) is 52.0 Å². The molecule has 5 rings (SSSR count). The van der Waals surface area contributed by atoms with Crippen molar-refractivity contribution in [2.24, 2.45) is 5.92 Å². The van der Waals surface area contributed by atoms with Crippen LogP contribution in [-0.4, -0.2) is 23.9 Å². The molecule has 1 aromatic heterocycles. The van der Waals surface area contributed by atoms with E-state index >= 15 is 0 Å². The van der Waals surface area contributed by atoms with Gasteiger partial charge in [0.1, 0.15) is 0 Å². The molecule has 1 saturated heterocycles. The van der Waals surface area contributed by atoms with Crippen molar-refractivity contribution in [2.45, 2.75) is 44.1 Å². The molecule has 140 valence electrons. The number of anilines is 1. The lowest BCUT2D eigenvalue weighted by atomic mass is 9.78. The summed E-state index contributed by atoms with van der Waals surface area (Å²) in [6, 6.07) is 10.9. The fourth-order valence-electron chi connectivity index (χ4n) is 4.99. The van der Waals surface area contributed by atoms with Gasteiger partial charge in [-0.15, -0.1) is 11.3 Å². The number of likely N-dealkylation sites (tertiary alicyclic amines) is 1. The standard InChI is InChI=1S/C23H26N2OS/c26-23(25-13-3-1-2-4-14-25)19-11-6-9-17-16-8-5-10-18(16)22(24-21(17)19)20-12-7-15-27-20/h5-9,11-12,15-16,18,22,24H,1-4,10,13-14H2. The summed E-state index contributed by atoms with van der Waals surface area (Å²) in [6.45, 7) is 1.78. The zero-order valence-corrected chi connectivity index (χ0v) is 16.4. The van der Waals surface area contributed by atoms with Gasteiger partial charge in [0.15, 0.2) is 0 Å². The molecular weight excluding hydrogens is 352 g/mol. The Labute approximate surface area is 165 Å². The number of carbonyl (C=O) groups excluding carboxylic acids is 1. The molecule has 4 heteroatoms. The highest BCUT2D eigenvalue weighted by molar-refractivity contribution is 7.10. The molecule has 3 heterocycles. The fraction of sp³-hybridized carbons (Fsp3) is 0.435. The summed E-state index contributed by atoms with van der Waals surface area (Å²) < 4.78 is 0. The highest BCUT2D eigenvalue weighted by atomic mass is 32.1. The highest BCUT2D eigenvalue weighted by Gasteiger charge is 2.40. The van der Waals surface area contributed by atoms with Gasteiger partial charge in [0.05, 0.1) is 17.3 Å². The van der Waals surface area contributed by atoms with E-state index in [4.69, 9.17) is 0 Å². The summed E-state index contributed by atoms with van der Waals surface area (Å²) in [6.07, 6.45) is 10.5. The molecule has 1 amide bonds. The number of nitrogens with one attached hydrogen (secondary N) is 1. The monoisotopic (exact) mass is 378 g/mol. The molecule has 1 aliphatic carbocycles. The van der Waals surface area contributed by atoms with Crippen LogP contribution < -0.4 is 5.32 Å². The molecule has 0 spiro atoms. The molecule has 3 atom stereocenters. The van der Waals surface area contributed by atoms with E-state index in [0.29, 0.717) is 11.8 Å². The first kappa shape index (κ1) is 17.1. The molecule has 2 aliphatic heterocycles. The number of hydrogen-bond donors (Lipinski definition) is 1. The Morgan fingerprint density at radius 1 is 1.07 bits per heavy atom. The lowest BCUT2D eigenvalue weighted by Gasteiger charge is -2.38. The quantitative estimate of drug-likeness (QED) is 0.691. The largest absolute Gasteiger partial charge is 0.376 e. The number of thiophene rings is 1. The van der Waals surface area contributed by atoms with Crippen LogP contribution in [0, 0.1) is 5.92 Å². The third-order valence-electron chi connectivity index (χ3n) is 6.37. The van der Waals surface area contributed by atoms with Gasteiger partial charge in [-0.2, -0.15) is 0 Å². The summed E-state index contributed by atoms with van der Waals surface area (Å²) in [5.41, 5.74) is 3.22. The Morgan fingerprint density at radius 2 is 1.93 bits per heavy atom. The molecule has 3 unspecified atom stereocenters. The molecule has 3 nitrogen and oxygen atoms in total. The Bertz CT molecular complexity index is 849. The van der Waals surface area contributed by atoms with Crippen molar-refractivity contribution in [3.8, 4) is 0 Å². The fourth-order valence-corrected chi connectivity index (χ4v) is 5.85. The minimum atomic E-state index is 0.201. The van der Waals surface area contributed by atoms with Crippen LogP contribution in [0.25, 0.3) is 0 Å². The second-order valence-electron chi connectivity index (χ2n) is 7.97. The minimum absolute atomic E-state index is 0.201. The minimum Gasteiger partial charge on any atom is -0.376 e. The van der Waals surface area contributed by atoms with Gasteiger partial charge in [-0.05, 0) is 48.3 Å². The Hall–Kier alpha value is -2.07. The van der Waals surface area contributed by atoms with E-state index in [1.54, 1.807) is 0 Å². The van der Waals surface area contributed by atoms with Crippen molar-refractivity contribution in [3.63, 3.8) is 0 Å². The number of benzene rings is 1. The molecule has 0 saturated carbocycles. The Morgan fingerprint density at radius 3 is 2.70 bits per heavy atom. The average molecular weight is 379 g/mol. The predicted octanol–water partition coefficient (Wildman–Crippen LogP) is 5.59. The molecule has 3 aliphatic rings. The predicted molar refractivity (Wildman–Crippen MR) is 111 cm³/mol. The zero-order chi connectivity index (χ0) is 18.2. The zero-order valence-electron chi connectivity index (χ0n) is 15.6. The van der Waals surface area contributed by atoms with Crippen LogP contribution in [0.2, 0.25) is 0 Å². The van der Waals surface area contributed by atoms with Crippen molar-refractivity contribution in [2.75, 3.05) is 18.4 Å². The van der Waals surface area contributed by atoms with E-state index in [1.165, 1.54) is 23.3 Å². The maximum absolute atomic E-state index is 13.4. The number of allylic oxidation sites excluding steroid dienone is 2. The average Bonchev–Trinajstić information content (AvgIpc) is 3.34. The highest BCUT2D eigenvalue weighted by Crippen LogP contribution is 2.51. The number of rotatable bonds is 2. The van der Waals surface area contributed by atoms with Crippen molar-refractivity contribution in [3.05, 3.63) is 63.9 Å². The first-order chi connectivity index (χ1) is 13.3. The van der Waals surface area contributed by atoms with Crippen LogP contribution in [0.5, 0.6) is 0 Å². The van der Waals surface area contributed by atoms with Crippen molar-refractivity contribution >= 4 is 22.9 Å². The number of amides is 1. The topological polar surface area (TPSA) is 32.3 Å². The molecule has 2 aromatic rings.